The molecule has 8 heteroatoms. The molecule has 7 nitrogen and oxygen atoms in total. The van der Waals surface area contributed by atoms with Gasteiger partial charge >= 0.3 is 0 Å². The number of hydrogen-bond acceptors (Lipinski definition) is 7. The topological polar surface area (TPSA) is 93.3 Å². The lowest BCUT2D eigenvalue weighted by molar-refractivity contribution is -0.118. The fraction of sp³-hybridized carbons (Fsp3) is 0.435. The van der Waals surface area contributed by atoms with Crippen molar-refractivity contribution >= 4 is 23.4 Å². The van der Waals surface area contributed by atoms with Crippen LogP contribution < -0.4 is 20.3 Å². The molecule has 1 atom stereocenters. The van der Waals surface area contributed by atoms with E-state index in [0.717, 1.165) is 17.0 Å². The Bertz CT molecular complexity index is 1140. The third-order valence-corrected chi connectivity index (χ3v) is 6.48. The van der Waals surface area contributed by atoms with E-state index in [1.807, 2.05) is 19.1 Å². The molecule has 1 aromatic carbocycles. The van der Waals surface area contributed by atoms with Gasteiger partial charge in [0, 0.05) is 23.6 Å². The van der Waals surface area contributed by atoms with Crippen molar-refractivity contribution in [3.63, 3.8) is 0 Å². The molecule has 0 bridgehead atoms. The van der Waals surface area contributed by atoms with Gasteiger partial charge in [0.15, 0.2) is 22.4 Å². The highest BCUT2D eigenvalue weighted by atomic mass is 32.2. The van der Waals surface area contributed by atoms with Gasteiger partial charge in [-0.1, -0.05) is 38.6 Å². The number of anilines is 1. The summed E-state index contributed by atoms with van der Waals surface area (Å²) in [5, 5.41) is 3.90. The first-order valence-electron chi connectivity index (χ1n) is 10.3. The highest BCUT2D eigenvalue weighted by Gasteiger charge is 2.42. The molecule has 31 heavy (non-hydrogen) atoms. The Kier molecular flexibility index (Phi) is 5.60. The number of nitrogens with zero attached hydrogens (tertiary/aromatic N) is 1. The van der Waals surface area contributed by atoms with Crippen molar-refractivity contribution in [2.45, 2.75) is 44.7 Å². The van der Waals surface area contributed by atoms with E-state index in [1.165, 1.54) is 11.8 Å². The van der Waals surface area contributed by atoms with Crippen molar-refractivity contribution in [3.05, 3.63) is 50.9 Å². The number of hydrogen-bond donors (Lipinski definition) is 2. The van der Waals surface area contributed by atoms with E-state index < -0.39 is 5.92 Å². The fourth-order valence-corrected chi connectivity index (χ4v) is 5.06. The minimum Gasteiger partial charge on any atom is -0.493 e. The van der Waals surface area contributed by atoms with Crippen molar-refractivity contribution in [1.82, 2.24) is 9.97 Å². The van der Waals surface area contributed by atoms with E-state index in [2.05, 4.69) is 29.1 Å². The Labute approximate surface area is 185 Å². The van der Waals surface area contributed by atoms with Crippen LogP contribution in [0, 0.1) is 5.41 Å². The van der Waals surface area contributed by atoms with Gasteiger partial charge in [0.05, 0.1) is 19.8 Å². The number of methoxy groups -OCH3 is 2. The lowest BCUT2D eigenvalue weighted by Crippen LogP contribution is -2.37. The molecule has 2 aliphatic rings. The lowest BCUT2D eigenvalue weighted by Gasteiger charge is -2.38. The van der Waals surface area contributed by atoms with Gasteiger partial charge in [-0.15, -0.1) is 0 Å². The second-order valence-electron chi connectivity index (χ2n) is 8.57. The van der Waals surface area contributed by atoms with Gasteiger partial charge in [0.25, 0.3) is 5.56 Å². The molecule has 2 heterocycles. The highest BCUT2D eigenvalue weighted by Crippen LogP contribution is 2.48. The van der Waals surface area contributed by atoms with Crippen LogP contribution in [0.2, 0.25) is 0 Å². The molecule has 1 aliphatic carbocycles. The van der Waals surface area contributed by atoms with Crippen LogP contribution in [0.15, 0.2) is 39.4 Å². The standard InChI is InChI=1S/C23H27N3O4S/c1-6-31-22-25-20-19(21(28)26-22)17(12-7-8-15(29-4)16(9-12)30-5)18-13(24-20)10-23(2,3)11-14(18)27/h7-9,17H,6,10-11H2,1-5H3,(H2,24,25,26,28)/t17-/m0/s1. The smallest absolute Gasteiger partial charge is 0.257 e. The summed E-state index contributed by atoms with van der Waals surface area (Å²) in [6.07, 6.45) is 1.14. The SMILES string of the molecule is CCSc1nc2c(c(=O)[nH]1)[C@@H](c1ccc(OC)c(OC)c1)C1=C(CC(C)(C)CC1=O)N2. The number of benzene rings is 1. The van der Waals surface area contributed by atoms with Gasteiger partial charge in [0.2, 0.25) is 0 Å². The van der Waals surface area contributed by atoms with Crippen molar-refractivity contribution in [1.29, 1.82) is 0 Å². The first kappa shape index (κ1) is 21.5. The summed E-state index contributed by atoms with van der Waals surface area (Å²) in [5.41, 5.74) is 2.34. The predicted octanol–water partition coefficient (Wildman–Crippen LogP) is 4.10. The van der Waals surface area contributed by atoms with Crippen LogP contribution in [0.3, 0.4) is 0 Å². The molecule has 1 aromatic heterocycles. The first-order valence-corrected chi connectivity index (χ1v) is 11.3. The van der Waals surface area contributed by atoms with E-state index in [4.69, 9.17) is 9.47 Å². The first-order chi connectivity index (χ1) is 14.8. The molecule has 1 aliphatic heterocycles. The van der Waals surface area contributed by atoms with Gasteiger partial charge in [-0.3, -0.25) is 9.59 Å². The number of H-pyrrole nitrogens is 1. The molecule has 164 valence electrons. The Morgan fingerprint density at radius 3 is 2.58 bits per heavy atom. The monoisotopic (exact) mass is 441 g/mol. The Morgan fingerprint density at radius 1 is 1.16 bits per heavy atom. The maximum atomic E-state index is 13.3. The summed E-state index contributed by atoms with van der Waals surface area (Å²) in [7, 11) is 3.14. The van der Waals surface area contributed by atoms with Gasteiger partial charge in [0.1, 0.15) is 5.82 Å². The molecule has 0 saturated carbocycles. The summed E-state index contributed by atoms with van der Waals surface area (Å²) in [6, 6.07) is 5.52. The number of rotatable bonds is 5. The maximum Gasteiger partial charge on any atom is 0.257 e. The van der Waals surface area contributed by atoms with Gasteiger partial charge in [-0.2, -0.15) is 0 Å². The molecular weight excluding hydrogens is 414 g/mol. The molecule has 4 rings (SSSR count). The van der Waals surface area contributed by atoms with E-state index >= 15 is 0 Å². The number of ether oxygens (including phenoxy) is 2. The number of ketones is 1. The third-order valence-electron chi connectivity index (χ3n) is 5.72. The zero-order valence-electron chi connectivity index (χ0n) is 18.4. The number of Topliss-reactive ketones (excluding diaryl/α,β-unsaturated/α-hetero) is 1. The zero-order chi connectivity index (χ0) is 22.3. The number of carbonyl (C=O) groups excluding carboxylic acids is 1. The molecule has 0 fully saturated rings. The second-order valence-corrected chi connectivity index (χ2v) is 9.82. The fourth-order valence-electron chi connectivity index (χ4n) is 4.46. The van der Waals surface area contributed by atoms with Crippen molar-refractivity contribution < 1.29 is 14.3 Å². The van der Waals surface area contributed by atoms with E-state index in [-0.39, 0.29) is 16.8 Å². The average Bonchev–Trinajstić information content (AvgIpc) is 2.71. The van der Waals surface area contributed by atoms with Crippen LogP contribution in [-0.4, -0.2) is 35.7 Å². The van der Waals surface area contributed by atoms with Crippen LogP contribution in [0.5, 0.6) is 11.5 Å². The minimum atomic E-state index is -0.522. The van der Waals surface area contributed by atoms with E-state index in [1.54, 1.807) is 20.3 Å². The molecule has 0 radical (unpaired) electrons. The van der Waals surface area contributed by atoms with Crippen molar-refractivity contribution in [3.8, 4) is 11.5 Å². The molecular formula is C23H27N3O4S. The minimum absolute atomic E-state index is 0.0515. The number of thioether (sulfide) groups is 1. The number of allylic oxidation sites excluding steroid dienone is 2. The number of aromatic nitrogens is 2. The normalized spacial score (nSPS) is 19.4. The Hall–Kier alpha value is -2.74. The van der Waals surface area contributed by atoms with Crippen molar-refractivity contribution in [2.75, 3.05) is 25.3 Å². The molecule has 2 N–H and O–H groups in total. The van der Waals surface area contributed by atoms with Crippen molar-refractivity contribution in [2.24, 2.45) is 5.41 Å². The van der Waals surface area contributed by atoms with Crippen LogP contribution in [0.4, 0.5) is 5.82 Å². The maximum absolute atomic E-state index is 13.3. The highest BCUT2D eigenvalue weighted by molar-refractivity contribution is 7.99. The number of nitrogens with one attached hydrogen (secondary N) is 2. The average molecular weight is 442 g/mol. The quantitative estimate of drug-likeness (QED) is 0.533. The van der Waals surface area contributed by atoms with Gasteiger partial charge in [-0.25, -0.2) is 4.98 Å². The summed E-state index contributed by atoms with van der Waals surface area (Å²) < 4.78 is 10.9. The predicted molar refractivity (Wildman–Crippen MR) is 121 cm³/mol. The second kappa shape index (κ2) is 8.07. The van der Waals surface area contributed by atoms with Crippen LogP contribution >= 0.6 is 11.8 Å². The molecule has 0 unspecified atom stereocenters. The van der Waals surface area contributed by atoms with Crippen LogP contribution in [0.25, 0.3) is 0 Å². The summed E-state index contributed by atoms with van der Waals surface area (Å²) in [4.78, 5) is 34.1. The number of fused-ring (bicyclic) bond motifs is 1. The number of aromatic amines is 1. The molecule has 0 spiro atoms. The Balaban J connectivity index is 1.96. The molecule has 0 amide bonds. The third kappa shape index (κ3) is 3.84. The molecule has 2 aromatic rings. The summed E-state index contributed by atoms with van der Waals surface area (Å²) in [6.45, 7) is 6.18. The van der Waals surface area contributed by atoms with Crippen LogP contribution in [0.1, 0.15) is 50.7 Å². The number of carbonyl (C=O) groups is 1. The largest absolute Gasteiger partial charge is 0.493 e. The molecule has 0 saturated heterocycles. The summed E-state index contributed by atoms with van der Waals surface area (Å²) >= 11 is 1.47. The summed E-state index contributed by atoms with van der Waals surface area (Å²) in [5.74, 6) is 1.98. The Morgan fingerprint density at radius 2 is 1.90 bits per heavy atom. The lowest BCUT2D eigenvalue weighted by atomic mass is 9.69. The van der Waals surface area contributed by atoms with Gasteiger partial charge in [-0.05, 0) is 35.3 Å². The van der Waals surface area contributed by atoms with Gasteiger partial charge < -0.3 is 19.8 Å². The van der Waals surface area contributed by atoms with Crippen LogP contribution in [-0.2, 0) is 4.79 Å². The van der Waals surface area contributed by atoms with E-state index in [0.29, 0.717) is 46.5 Å². The zero-order valence-corrected chi connectivity index (χ0v) is 19.2. The van der Waals surface area contributed by atoms with E-state index in [9.17, 15) is 9.59 Å².